The Hall–Kier alpha value is -0.450. The minimum atomic E-state index is 0.532. The molecule has 4 heteroatoms. The lowest BCUT2D eigenvalue weighted by Gasteiger charge is -2.22. The Bertz CT molecular complexity index is 334. The Labute approximate surface area is 114 Å². The lowest BCUT2D eigenvalue weighted by molar-refractivity contribution is 0.0304. The summed E-state index contributed by atoms with van der Waals surface area (Å²) in [7, 11) is 0. The molecular weight excluding hydrogens is 244 g/mol. The van der Waals surface area contributed by atoms with Crippen LogP contribution in [0.3, 0.4) is 0 Å². The largest absolute Gasteiger partial charge is 0.377 e. The number of hydrogen-bond donors (Lipinski definition) is 1. The monoisotopic (exact) mass is 268 g/mol. The summed E-state index contributed by atoms with van der Waals surface area (Å²) in [5, 5.41) is 3.44. The van der Waals surface area contributed by atoms with E-state index in [1.165, 1.54) is 42.7 Å². The van der Waals surface area contributed by atoms with Crippen molar-refractivity contribution < 1.29 is 4.74 Å². The minimum Gasteiger partial charge on any atom is -0.377 e. The van der Waals surface area contributed by atoms with E-state index >= 15 is 0 Å². The molecule has 3 nitrogen and oxygen atoms in total. The van der Waals surface area contributed by atoms with Gasteiger partial charge < -0.3 is 10.1 Å². The Morgan fingerprint density at radius 3 is 2.89 bits per heavy atom. The summed E-state index contributed by atoms with van der Waals surface area (Å²) in [6, 6.07) is 0. The zero-order chi connectivity index (χ0) is 12.6. The second kappa shape index (κ2) is 7.87. The van der Waals surface area contributed by atoms with Crippen LogP contribution in [-0.2, 0) is 11.2 Å². The number of nitrogens with one attached hydrogen (secondary N) is 1. The molecule has 1 heterocycles. The Morgan fingerprint density at radius 2 is 2.17 bits per heavy atom. The molecule has 0 unspecified atom stereocenters. The molecule has 1 saturated carbocycles. The molecule has 0 spiro atoms. The van der Waals surface area contributed by atoms with Gasteiger partial charge in [0.2, 0.25) is 0 Å². The SMILES string of the molecule is Cc1ncsc1CCNCCOC1CCCCC1. The summed E-state index contributed by atoms with van der Waals surface area (Å²) < 4.78 is 5.87. The summed E-state index contributed by atoms with van der Waals surface area (Å²) in [6.45, 7) is 4.93. The van der Waals surface area contributed by atoms with Gasteiger partial charge in [-0.05, 0) is 26.2 Å². The van der Waals surface area contributed by atoms with Crippen molar-refractivity contribution in [2.24, 2.45) is 0 Å². The summed E-state index contributed by atoms with van der Waals surface area (Å²) in [5.41, 5.74) is 3.11. The predicted octanol–water partition coefficient (Wildman–Crippen LogP) is 2.93. The zero-order valence-electron chi connectivity index (χ0n) is 11.3. The first-order chi connectivity index (χ1) is 8.86. The maximum Gasteiger partial charge on any atom is 0.0797 e. The smallest absolute Gasteiger partial charge is 0.0797 e. The van der Waals surface area contributed by atoms with Gasteiger partial charge in [0.25, 0.3) is 0 Å². The molecule has 0 bridgehead atoms. The van der Waals surface area contributed by atoms with E-state index in [1.54, 1.807) is 11.3 Å². The number of aromatic nitrogens is 1. The fraction of sp³-hybridized carbons (Fsp3) is 0.786. The number of rotatable bonds is 7. The zero-order valence-corrected chi connectivity index (χ0v) is 12.1. The highest BCUT2D eigenvalue weighted by Crippen LogP contribution is 2.19. The highest BCUT2D eigenvalue weighted by atomic mass is 32.1. The molecule has 0 saturated heterocycles. The van der Waals surface area contributed by atoms with Gasteiger partial charge in [-0.25, -0.2) is 4.98 Å². The topological polar surface area (TPSA) is 34.2 Å². The fourth-order valence-corrected chi connectivity index (χ4v) is 3.20. The van der Waals surface area contributed by atoms with Crippen LogP contribution < -0.4 is 5.32 Å². The first-order valence-corrected chi connectivity index (χ1v) is 7.95. The first-order valence-electron chi connectivity index (χ1n) is 7.07. The molecule has 1 fully saturated rings. The van der Waals surface area contributed by atoms with Gasteiger partial charge >= 0.3 is 0 Å². The molecule has 1 N–H and O–H groups in total. The van der Waals surface area contributed by atoms with Crippen LogP contribution in [0.15, 0.2) is 5.51 Å². The van der Waals surface area contributed by atoms with E-state index in [2.05, 4.69) is 17.2 Å². The first kappa shape index (κ1) is 14.0. The standard InChI is InChI=1S/C14H24N2OS/c1-12-14(18-11-16-12)7-8-15-9-10-17-13-5-3-2-4-6-13/h11,13,15H,2-10H2,1H3. The van der Waals surface area contributed by atoms with E-state index in [1.807, 2.05) is 5.51 Å². The van der Waals surface area contributed by atoms with E-state index in [0.717, 1.165) is 26.1 Å². The van der Waals surface area contributed by atoms with Crippen molar-refractivity contribution in [1.29, 1.82) is 0 Å². The molecule has 0 aromatic carbocycles. The van der Waals surface area contributed by atoms with Gasteiger partial charge in [-0.15, -0.1) is 11.3 Å². The highest BCUT2D eigenvalue weighted by molar-refractivity contribution is 7.09. The number of hydrogen-bond acceptors (Lipinski definition) is 4. The highest BCUT2D eigenvalue weighted by Gasteiger charge is 2.12. The maximum absolute atomic E-state index is 5.87. The average molecular weight is 268 g/mol. The van der Waals surface area contributed by atoms with E-state index in [4.69, 9.17) is 4.74 Å². The van der Waals surface area contributed by atoms with Crippen LogP contribution in [0.25, 0.3) is 0 Å². The van der Waals surface area contributed by atoms with Gasteiger partial charge in [-0.1, -0.05) is 19.3 Å². The third-order valence-electron chi connectivity index (χ3n) is 3.56. The van der Waals surface area contributed by atoms with Crippen molar-refractivity contribution in [3.8, 4) is 0 Å². The molecule has 0 atom stereocenters. The van der Waals surface area contributed by atoms with Crippen molar-refractivity contribution in [1.82, 2.24) is 10.3 Å². The van der Waals surface area contributed by atoms with Crippen LogP contribution in [0.2, 0.25) is 0 Å². The van der Waals surface area contributed by atoms with Crippen molar-refractivity contribution in [2.45, 2.75) is 51.6 Å². The van der Waals surface area contributed by atoms with E-state index in [0.29, 0.717) is 6.10 Å². The van der Waals surface area contributed by atoms with Crippen LogP contribution in [0, 0.1) is 6.92 Å². The summed E-state index contributed by atoms with van der Waals surface area (Å²) >= 11 is 1.75. The predicted molar refractivity (Wildman–Crippen MR) is 76.2 cm³/mol. The quantitative estimate of drug-likeness (QED) is 0.772. The van der Waals surface area contributed by atoms with E-state index in [9.17, 15) is 0 Å². The van der Waals surface area contributed by atoms with Crippen LogP contribution in [0.1, 0.15) is 42.7 Å². The van der Waals surface area contributed by atoms with Gasteiger partial charge in [0, 0.05) is 18.0 Å². The lowest BCUT2D eigenvalue weighted by atomic mass is 9.98. The summed E-state index contributed by atoms with van der Waals surface area (Å²) in [6.07, 6.45) is 8.24. The van der Waals surface area contributed by atoms with Gasteiger partial charge in [0.15, 0.2) is 0 Å². The summed E-state index contributed by atoms with van der Waals surface area (Å²) in [4.78, 5) is 5.66. The van der Waals surface area contributed by atoms with Crippen LogP contribution >= 0.6 is 11.3 Å². The van der Waals surface area contributed by atoms with Gasteiger partial charge in [-0.3, -0.25) is 0 Å². The van der Waals surface area contributed by atoms with Crippen molar-refractivity contribution in [3.05, 3.63) is 16.1 Å². The molecule has 1 aliphatic carbocycles. The second-order valence-electron chi connectivity index (χ2n) is 4.99. The molecule has 0 aliphatic heterocycles. The number of nitrogens with zero attached hydrogens (tertiary/aromatic N) is 1. The average Bonchev–Trinajstić information content (AvgIpc) is 2.81. The third-order valence-corrected chi connectivity index (χ3v) is 4.55. The Kier molecular flexibility index (Phi) is 6.11. The second-order valence-corrected chi connectivity index (χ2v) is 5.93. The normalized spacial score (nSPS) is 17.2. The van der Waals surface area contributed by atoms with Crippen molar-refractivity contribution >= 4 is 11.3 Å². The molecule has 2 rings (SSSR count). The van der Waals surface area contributed by atoms with E-state index in [-0.39, 0.29) is 0 Å². The number of thiazole rings is 1. The summed E-state index contributed by atoms with van der Waals surface area (Å²) in [5.74, 6) is 0. The molecule has 102 valence electrons. The Morgan fingerprint density at radius 1 is 1.33 bits per heavy atom. The molecule has 1 aromatic rings. The molecule has 1 aliphatic rings. The molecule has 0 radical (unpaired) electrons. The minimum absolute atomic E-state index is 0.532. The van der Waals surface area contributed by atoms with Gasteiger partial charge in [-0.2, -0.15) is 0 Å². The lowest BCUT2D eigenvalue weighted by Crippen LogP contribution is -2.25. The molecule has 18 heavy (non-hydrogen) atoms. The molecule has 0 amide bonds. The van der Waals surface area contributed by atoms with Crippen LogP contribution in [-0.4, -0.2) is 30.8 Å². The number of aryl methyl sites for hydroxylation is 1. The fourth-order valence-electron chi connectivity index (χ4n) is 2.42. The van der Waals surface area contributed by atoms with E-state index < -0.39 is 0 Å². The molecular formula is C14H24N2OS. The van der Waals surface area contributed by atoms with Crippen LogP contribution in [0.5, 0.6) is 0 Å². The van der Waals surface area contributed by atoms with Crippen molar-refractivity contribution in [3.63, 3.8) is 0 Å². The maximum atomic E-state index is 5.87. The van der Waals surface area contributed by atoms with Crippen molar-refractivity contribution in [2.75, 3.05) is 19.7 Å². The number of ether oxygens (including phenoxy) is 1. The molecule has 1 aromatic heterocycles. The van der Waals surface area contributed by atoms with Gasteiger partial charge in [0.05, 0.1) is 23.9 Å². The Balaban J connectivity index is 1.47. The van der Waals surface area contributed by atoms with Crippen LogP contribution in [0.4, 0.5) is 0 Å². The van der Waals surface area contributed by atoms with Gasteiger partial charge in [0.1, 0.15) is 0 Å². The third kappa shape index (κ3) is 4.67.